The van der Waals surface area contributed by atoms with Crippen molar-refractivity contribution in [2.45, 2.75) is 11.1 Å². The van der Waals surface area contributed by atoms with Crippen molar-refractivity contribution in [3.05, 3.63) is 52.7 Å². The van der Waals surface area contributed by atoms with Crippen LogP contribution in [-0.4, -0.2) is 26.5 Å². The Kier molecular flexibility index (Phi) is 6.07. The van der Waals surface area contributed by atoms with Crippen molar-refractivity contribution in [1.29, 1.82) is 5.26 Å². The molecule has 0 saturated heterocycles. The zero-order valence-electron chi connectivity index (χ0n) is 13.0. The number of alkyl halides is 3. The average molecular weight is 405 g/mol. The molecular weight excluding hydrogens is 393 g/mol. The Morgan fingerprint density at radius 2 is 1.96 bits per heavy atom. The van der Waals surface area contributed by atoms with E-state index in [-0.39, 0.29) is 29.5 Å². The Labute approximate surface area is 152 Å². The van der Waals surface area contributed by atoms with E-state index in [1.807, 2.05) is 6.07 Å². The predicted molar refractivity (Wildman–Crippen MR) is 89.1 cm³/mol. The summed E-state index contributed by atoms with van der Waals surface area (Å²) in [5, 5.41) is 11.4. The maximum absolute atomic E-state index is 13.0. The van der Waals surface area contributed by atoms with Crippen LogP contribution in [0.1, 0.15) is 11.1 Å². The highest BCUT2D eigenvalue weighted by molar-refractivity contribution is 7.89. The molecule has 0 atom stereocenters. The van der Waals surface area contributed by atoms with Crippen molar-refractivity contribution in [1.82, 2.24) is 9.71 Å². The molecule has 0 fully saturated rings. The highest BCUT2D eigenvalue weighted by Gasteiger charge is 2.37. The molecule has 2 aromatic rings. The number of aromatic nitrogens is 1. The second-order valence-corrected chi connectivity index (χ2v) is 7.15. The number of hydrogen-bond acceptors (Lipinski definition) is 5. The lowest BCUT2D eigenvalue weighted by molar-refractivity contribution is -0.139. The average Bonchev–Trinajstić information content (AvgIpc) is 2.58. The smallest absolute Gasteiger partial charge is 0.368 e. The van der Waals surface area contributed by atoms with Crippen LogP contribution in [0.15, 0.2) is 41.4 Å². The van der Waals surface area contributed by atoms with E-state index in [0.29, 0.717) is 6.07 Å². The highest BCUT2D eigenvalue weighted by atomic mass is 35.5. The SMILES string of the molecule is N#Cc1cccnc1NCCNS(=O)(=O)c1ccc(Cl)cc1C(F)(F)F. The van der Waals surface area contributed by atoms with Gasteiger partial charge >= 0.3 is 6.18 Å². The number of rotatable bonds is 6. The Hall–Kier alpha value is -2.35. The molecule has 0 unspecified atom stereocenters. The summed E-state index contributed by atoms with van der Waals surface area (Å²) in [5.41, 5.74) is -1.09. The van der Waals surface area contributed by atoms with Gasteiger partial charge in [0.1, 0.15) is 11.9 Å². The molecule has 0 spiro atoms. The first-order valence-electron chi connectivity index (χ1n) is 7.10. The molecule has 0 aliphatic carbocycles. The van der Waals surface area contributed by atoms with Gasteiger partial charge in [-0.1, -0.05) is 11.6 Å². The summed E-state index contributed by atoms with van der Waals surface area (Å²) in [4.78, 5) is 3.01. The van der Waals surface area contributed by atoms with Gasteiger partial charge in [0.15, 0.2) is 0 Å². The van der Waals surface area contributed by atoms with Gasteiger partial charge in [0.05, 0.1) is 16.0 Å². The third kappa shape index (κ3) is 4.85. The molecule has 2 rings (SSSR count). The van der Waals surface area contributed by atoms with Gasteiger partial charge in [-0.25, -0.2) is 18.1 Å². The molecule has 6 nitrogen and oxygen atoms in total. The maximum Gasteiger partial charge on any atom is 0.417 e. The van der Waals surface area contributed by atoms with Crippen LogP contribution < -0.4 is 10.0 Å². The van der Waals surface area contributed by atoms with Crippen molar-refractivity contribution in [3.63, 3.8) is 0 Å². The molecule has 11 heteroatoms. The molecule has 1 aromatic heterocycles. The van der Waals surface area contributed by atoms with E-state index in [9.17, 15) is 21.6 Å². The Balaban J connectivity index is 2.10. The van der Waals surface area contributed by atoms with Crippen molar-refractivity contribution >= 4 is 27.4 Å². The lowest BCUT2D eigenvalue weighted by Crippen LogP contribution is -2.30. The van der Waals surface area contributed by atoms with Crippen LogP contribution in [0.4, 0.5) is 19.0 Å². The quantitative estimate of drug-likeness (QED) is 0.722. The monoisotopic (exact) mass is 404 g/mol. The third-order valence-corrected chi connectivity index (χ3v) is 4.93. The van der Waals surface area contributed by atoms with Gasteiger partial charge in [-0.2, -0.15) is 18.4 Å². The standard InChI is InChI=1S/C15H12ClF3N4O2S/c16-11-3-4-13(12(8-11)15(17,18)19)26(24,25)23-7-6-22-14-10(9-20)2-1-5-21-14/h1-5,8,23H,6-7H2,(H,21,22). The first-order chi connectivity index (χ1) is 12.1. The number of anilines is 1. The molecule has 2 N–H and O–H groups in total. The van der Waals surface area contributed by atoms with Gasteiger partial charge in [0, 0.05) is 24.3 Å². The summed E-state index contributed by atoms with van der Waals surface area (Å²) >= 11 is 5.54. The minimum absolute atomic E-state index is 0.0138. The van der Waals surface area contributed by atoms with Crippen molar-refractivity contribution in [3.8, 4) is 6.07 Å². The van der Waals surface area contributed by atoms with Crippen molar-refractivity contribution in [2.75, 3.05) is 18.4 Å². The van der Waals surface area contributed by atoms with E-state index < -0.39 is 26.7 Å². The van der Waals surface area contributed by atoms with Crippen LogP contribution in [0, 0.1) is 11.3 Å². The van der Waals surface area contributed by atoms with Crippen LogP contribution in [0.25, 0.3) is 0 Å². The lowest BCUT2D eigenvalue weighted by Gasteiger charge is -2.14. The third-order valence-electron chi connectivity index (χ3n) is 3.17. The molecule has 0 aliphatic rings. The maximum atomic E-state index is 13.0. The van der Waals surface area contributed by atoms with E-state index in [2.05, 4.69) is 15.0 Å². The number of nitrogens with one attached hydrogen (secondary N) is 2. The molecular formula is C15H12ClF3N4O2S. The summed E-state index contributed by atoms with van der Waals surface area (Å²) in [5.74, 6) is 0.247. The summed E-state index contributed by atoms with van der Waals surface area (Å²) in [6.07, 6.45) is -3.43. The largest absolute Gasteiger partial charge is 0.417 e. The predicted octanol–water partition coefficient (Wildman–Crippen LogP) is 3.02. The van der Waals surface area contributed by atoms with Gasteiger partial charge in [-0.3, -0.25) is 0 Å². The molecule has 0 saturated carbocycles. The van der Waals surface area contributed by atoms with Gasteiger partial charge in [0.2, 0.25) is 10.0 Å². The summed E-state index contributed by atoms with van der Waals surface area (Å²) in [7, 11) is -4.42. The zero-order chi connectivity index (χ0) is 19.4. The van der Waals surface area contributed by atoms with Crippen LogP contribution in [-0.2, 0) is 16.2 Å². The van der Waals surface area contributed by atoms with Gasteiger partial charge < -0.3 is 5.32 Å². The van der Waals surface area contributed by atoms with Crippen molar-refractivity contribution < 1.29 is 21.6 Å². The topological polar surface area (TPSA) is 94.9 Å². The van der Waals surface area contributed by atoms with Crippen LogP contribution in [0.3, 0.4) is 0 Å². The van der Waals surface area contributed by atoms with Crippen LogP contribution in [0.2, 0.25) is 5.02 Å². The van der Waals surface area contributed by atoms with Gasteiger partial charge in [-0.15, -0.1) is 0 Å². The fraction of sp³-hybridized carbons (Fsp3) is 0.200. The molecule has 0 aliphatic heterocycles. The zero-order valence-corrected chi connectivity index (χ0v) is 14.6. The molecule has 138 valence electrons. The fourth-order valence-electron chi connectivity index (χ4n) is 2.04. The van der Waals surface area contributed by atoms with E-state index in [0.717, 1.165) is 12.1 Å². The summed E-state index contributed by atoms with van der Waals surface area (Å²) in [6, 6.07) is 7.41. The minimum atomic E-state index is -4.87. The normalized spacial score (nSPS) is 11.8. The van der Waals surface area contributed by atoms with E-state index in [1.54, 1.807) is 6.07 Å². The summed E-state index contributed by atoms with van der Waals surface area (Å²) < 4.78 is 65.6. The molecule has 1 heterocycles. The Morgan fingerprint density at radius 3 is 2.62 bits per heavy atom. The molecule has 1 aromatic carbocycles. The Bertz CT molecular complexity index is 943. The number of halogens is 4. The number of hydrogen-bond donors (Lipinski definition) is 2. The first-order valence-corrected chi connectivity index (χ1v) is 8.96. The summed E-state index contributed by atoms with van der Waals surface area (Å²) in [6.45, 7) is -0.205. The van der Waals surface area contributed by atoms with Crippen LogP contribution in [0.5, 0.6) is 0 Å². The number of benzene rings is 1. The van der Waals surface area contributed by atoms with E-state index in [4.69, 9.17) is 16.9 Å². The number of sulfonamides is 1. The van der Waals surface area contributed by atoms with Crippen molar-refractivity contribution in [2.24, 2.45) is 0 Å². The number of nitriles is 1. The molecule has 0 amide bonds. The second-order valence-electron chi connectivity index (χ2n) is 4.97. The fourth-order valence-corrected chi connectivity index (χ4v) is 3.45. The minimum Gasteiger partial charge on any atom is -0.368 e. The second kappa shape index (κ2) is 7.90. The first kappa shape index (κ1) is 20.0. The molecule has 0 bridgehead atoms. The molecule has 26 heavy (non-hydrogen) atoms. The number of pyridine rings is 1. The molecule has 0 radical (unpaired) electrons. The highest BCUT2D eigenvalue weighted by Crippen LogP contribution is 2.35. The van der Waals surface area contributed by atoms with Gasteiger partial charge in [0.25, 0.3) is 0 Å². The lowest BCUT2D eigenvalue weighted by atomic mass is 10.2. The number of nitrogens with zero attached hydrogens (tertiary/aromatic N) is 2. The van der Waals surface area contributed by atoms with Crippen LogP contribution >= 0.6 is 11.6 Å². The van der Waals surface area contributed by atoms with Gasteiger partial charge in [-0.05, 0) is 30.3 Å². The Morgan fingerprint density at radius 1 is 1.23 bits per heavy atom. The van der Waals surface area contributed by atoms with E-state index in [1.165, 1.54) is 12.3 Å². The van der Waals surface area contributed by atoms with E-state index >= 15 is 0 Å².